The van der Waals surface area contributed by atoms with Gasteiger partial charge in [0.05, 0.1) is 11.0 Å². The molecular weight excluding hydrogens is 380 g/mol. The molecule has 1 aromatic carbocycles. The number of hydrogen-bond acceptors (Lipinski definition) is 7. The lowest BCUT2D eigenvalue weighted by Gasteiger charge is -2.31. The van der Waals surface area contributed by atoms with E-state index < -0.39 is 5.41 Å². The summed E-state index contributed by atoms with van der Waals surface area (Å²) in [5.41, 5.74) is 8.53. The van der Waals surface area contributed by atoms with E-state index in [0.717, 1.165) is 16.7 Å². The van der Waals surface area contributed by atoms with Crippen molar-refractivity contribution in [1.82, 2.24) is 25.1 Å². The van der Waals surface area contributed by atoms with Gasteiger partial charge in [0.25, 0.3) is 5.89 Å². The van der Waals surface area contributed by atoms with Gasteiger partial charge in [-0.1, -0.05) is 43.3 Å². The Balaban J connectivity index is 1.70. The number of aromatic amines is 1. The number of pyridine rings is 1. The van der Waals surface area contributed by atoms with Crippen LogP contribution in [0.15, 0.2) is 64.3 Å². The highest BCUT2D eigenvalue weighted by molar-refractivity contribution is 5.62. The lowest BCUT2D eigenvalue weighted by atomic mass is 9.72. The predicted molar refractivity (Wildman–Crippen MR) is 114 cm³/mol. The second kappa shape index (κ2) is 7.55. The van der Waals surface area contributed by atoms with Gasteiger partial charge in [0.2, 0.25) is 11.5 Å². The molecule has 0 amide bonds. The molecule has 8 heteroatoms. The first-order chi connectivity index (χ1) is 14.4. The summed E-state index contributed by atoms with van der Waals surface area (Å²) in [5, 5.41) is 4.26. The third kappa shape index (κ3) is 3.47. The molecule has 0 spiro atoms. The Labute approximate surface area is 173 Å². The molecule has 152 valence electrons. The fraction of sp³-hybridized carbons (Fsp3) is 0.227. The van der Waals surface area contributed by atoms with Crippen molar-refractivity contribution in [2.75, 3.05) is 5.73 Å². The molecule has 0 aliphatic heterocycles. The Morgan fingerprint density at radius 3 is 2.27 bits per heavy atom. The van der Waals surface area contributed by atoms with E-state index in [1.165, 1.54) is 6.07 Å². The number of nitrogens with two attached hydrogens (primary N) is 1. The van der Waals surface area contributed by atoms with Crippen LogP contribution in [0.3, 0.4) is 0 Å². The van der Waals surface area contributed by atoms with Crippen LogP contribution in [0.2, 0.25) is 0 Å². The minimum Gasteiger partial charge on any atom is -0.368 e. The maximum Gasteiger partial charge on any atom is 0.259 e. The first-order valence-electron chi connectivity index (χ1n) is 9.59. The number of H-pyrrole nitrogens is 1. The van der Waals surface area contributed by atoms with E-state index in [0.29, 0.717) is 17.3 Å². The zero-order valence-corrected chi connectivity index (χ0v) is 17.0. The molecule has 0 aliphatic rings. The number of nitrogens with zero attached hydrogens (tertiary/aromatic N) is 4. The van der Waals surface area contributed by atoms with Crippen molar-refractivity contribution in [3.05, 3.63) is 76.7 Å². The second-order valence-corrected chi connectivity index (χ2v) is 7.63. The third-order valence-corrected chi connectivity index (χ3v) is 5.57. The zero-order chi connectivity index (χ0) is 21.3. The highest BCUT2D eigenvalue weighted by Gasteiger charge is 2.37. The number of rotatable bonds is 5. The number of hydrogen-bond donors (Lipinski definition) is 2. The Bertz CT molecular complexity index is 1190. The van der Waals surface area contributed by atoms with Crippen LogP contribution in [0, 0.1) is 5.92 Å². The van der Waals surface area contributed by atoms with Crippen LogP contribution >= 0.6 is 0 Å². The van der Waals surface area contributed by atoms with Crippen LogP contribution in [-0.2, 0) is 5.41 Å². The van der Waals surface area contributed by atoms with Crippen molar-refractivity contribution in [3.8, 4) is 22.6 Å². The first-order valence-corrected chi connectivity index (χ1v) is 9.59. The average molecular weight is 402 g/mol. The average Bonchev–Trinajstić information content (AvgIpc) is 3.25. The fourth-order valence-electron chi connectivity index (χ4n) is 3.31. The summed E-state index contributed by atoms with van der Waals surface area (Å²) in [5.74, 6) is 1.40. The quantitative estimate of drug-likeness (QED) is 0.524. The van der Waals surface area contributed by atoms with Gasteiger partial charge < -0.3 is 15.2 Å². The van der Waals surface area contributed by atoms with Crippen LogP contribution in [0.1, 0.15) is 32.2 Å². The molecule has 8 nitrogen and oxygen atoms in total. The molecule has 1 unspecified atom stereocenters. The largest absolute Gasteiger partial charge is 0.368 e. The Hall–Kier alpha value is -3.81. The van der Waals surface area contributed by atoms with E-state index in [-0.39, 0.29) is 17.4 Å². The van der Waals surface area contributed by atoms with Gasteiger partial charge in [-0.15, -0.1) is 0 Å². The standard InChI is InChI=1S/C22H22N6O2/c1-13(2)22(3,20-27-19(30-28-20)15-6-9-18(29)24-10-15)17-7-4-14(5-8-17)16-11-25-21(23)26-12-16/h4-13H,1-3H3,(H,24,29)(H2,23,25,26). The second-order valence-electron chi connectivity index (χ2n) is 7.63. The van der Waals surface area contributed by atoms with Crippen molar-refractivity contribution in [3.63, 3.8) is 0 Å². The summed E-state index contributed by atoms with van der Waals surface area (Å²) < 4.78 is 5.50. The highest BCUT2D eigenvalue weighted by atomic mass is 16.5. The molecule has 0 saturated heterocycles. The third-order valence-electron chi connectivity index (χ3n) is 5.57. The van der Waals surface area contributed by atoms with Gasteiger partial charge in [0, 0.05) is 30.2 Å². The number of anilines is 1. The van der Waals surface area contributed by atoms with E-state index in [1.807, 2.05) is 12.1 Å². The van der Waals surface area contributed by atoms with E-state index in [1.54, 1.807) is 24.7 Å². The van der Waals surface area contributed by atoms with Crippen molar-refractivity contribution in [2.24, 2.45) is 5.92 Å². The topological polar surface area (TPSA) is 124 Å². The van der Waals surface area contributed by atoms with Gasteiger partial charge in [0.15, 0.2) is 5.82 Å². The summed E-state index contributed by atoms with van der Waals surface area (Å²) >= 11 is 0. The SMILES string of the molecule is CC(C)C(C)(c1ccc(-c2cnc(N)nc2)cc1)c1noc(-c2ccc(=O)[nH]c2)n1. The number of benzene rings is 1. The van der Waals surface area contributed by atoms with E-state index in [4.69, 9.17) is 10.3 Å². The number of nitrogen functional groups attached to an aromatic ring is 1. The lowest BCUT2D eigenvalue weighted by Crippen LogP contribution is -2.31. The monoisotopic (exact) mass is 402 g/mol. The molecule has 0 saturated carbocycles. The highest BCUT2D eigenvalue weighted by Crippen LogP contribution is 2.38. The fourth-order valence-corrected chi connectivity index (χ4v) is 3.31. The molecule has 0 bridgehead atoms. The van der Waals surface area contributed by atoms with Gasteiger partial charge in [-0.2, -0.15) is 4.98 Å². The normalized spacial score (nSPS) is 13.3. The maximum absolute atomic E-state index is 11.3. The predicted octanol–water partition coefficient (Wildman–Crippen LogP) is 3.43. The molecule has 4 rings (SSSR count). The van der Waals surface area contributed by atoms with Crippen molar-refractivity contribution in [2.45, 2.75) is 26.2 Å². The van der Waals surface area contributed by atoms with Gasteiger partial charge in [-0.3, -0.25) is 4.79 Å². The minimum absolute atomic E-state index is 0.183. The molecule has 4 aromatic rings. The summed E-state index contributed by atoms with van der Waals surface area (Å²) in [6.45, 7) is 6.34. The van der Waals surface area contributed by atoms with Crippen LogP contribution in [0.4, 0.5) is 5.95 Å². The van der Waals surface area contributed by atoms with Crippen LogP contribution in [0.25, 0.3) is 22.6 Å². The molecule has 0 fully saturated rings. The zero-order valence-electron chi connectivity index (χ0n) is 17.0. The van der Waals surface area contributed by atoms with E-state index in [2.05, 4.69) is 58.0 Å². The van der Waals surface area contributed by atoms with E-state index in [9.17, 15) is 4.79 Å². The number of aromatic nitrogens is 5. The Kier molecular flexibility index (Phi) is 4.91. The molecule has 3 heterocycles. The molecule has 0 aliphatic carbocycles. The minimum atomic E-state index is -0.472. The smallest absolute Gasteiger partial charge is 0.259 e. The van der Waals surface area contributed by atoms with Crippen LogP contribution < -0.4 is 11.3 Å². The maximum atomic E-state index is 11.3. The Morgan fingerprint density at radius 2 is 1.67 bits per heavy atom. The van der Waals surface area contributed by atoms with Gasteiger partial charge in [-0.05, 0) is 30.0 Å². The summed E-state index contributed by atoms with van der Waals surface area (Å²) in [6.07, 6.45) is 4.97. The summed E-state index contributed by atoms with van der Waals surface area (Å²) in [6, 6.07) is 11.2. The molecule has 1 atom stereocenters. The van der Waals surface area contributed by atoms with Crippen molar-refractivity contribution >= 4 is 5.95 Å². The molecular formula is C22H22N6O2. The van der Waals surface area contributed by atoms with Gasteiger partial charge in [0.1, 0.15) is 0 Å². The van der Waals surface area contributed by atoms with E-state index >= 15 is 0 Å². The molecule has 3 N–H and O–H groups in total. The first kappa shape index (κ1) is 19.5. The van der Waals surface area contributed by atoms with Gasteiger partial charge in [-0.25, -0.2) is 9.97 Å². The molecule has 30 heavy (non-hydrogen) atoms. The molecule has 3 aromatic heterocycles. The summed E-state index contributed by atoms with van der Waals surface area (Å²) in [7, 11) is 0. The van der Waals surface area contributed by atoms with Crippen molar-refractivity contribution < 1.29 is 4.52 Å². The summed E-state index contributed by atoms with van der Waals surface area (Å²) in [4.78, 5) is 26.7. The Morgan fingerprint density at radius 1 is 1.00 bits per heavy atom. The van der Waals surface area contributed by atoms with Gasteiger partial charge >= 0.3 is 0 Å². The van der Waals surface area contributed by atoms with Crippen molar-refractivity contribution in [1.29, 1.82) is 0 Å². The lowest BCUT2D eigenvalue weighted by molar-refractivity contribution is 0.351. The molecule has 0 radical (unpaired) electrons. The van der Waals surface area contributed by atoms with Crippen LogP contribution in [-0.4, -0.2) is 25.1 Å². The number of nitrogens with one attached hydrogen (secondary N) is 1. The van der Waals surface area contributed by atoms with Crippen LogP contribution in [0.5, 0.6) is 0 Å².